The number of allylic oxidation sites excluding steroid dienone is 1. The lowest BCUT2D eigenvalue weighted by Gasteiger charge is -2.40. The quantitative estimate of drug-likeness (QED) is 0.457. The molecule has 0 radical (unpaired) electrons. The lowest BCUT2D eigenvalue weighted by molar-refractivity contribution is 0.485. The van der Waals surface area contributed by atoms with E-state index in [4.69, 9.17) is 9.97 Å². The third-order valence-corrected chi connectivity index (χ3v) is 10.5. The Bertz CT molecular complexity index is 715. The Morgan fingerprint density at radius 1 is 0.759 bits per heavy atom. The Balaban J connectivity index is 1.85. The van der Waals surface area contributed by atoms with Crippen LogP contribution in [0.1, 0.15) is 88.9 Å². The van der Waals surface area contributed by atoms with Gasteiger partial charge in [0.1, 0.15) is 0 Å². The summed E-state index contributed by atoms with van der Waals surface area (Å²) in [7, 11) is -0.147. The molecular weight excluding hydrogens is 371 g/mol. The van der Waals surface area contributed by atoms with E-state index in [9.17, 15) is 0 Å². The molecule has 2 saturated carbocycles. The number of rotatable bonds is 6. The SMILES string of the molecule is CCC(=C(c1ccccn1)c1ccccn1)P(C1CCCCC1)C1CCCCC1. The fourth-order valence-corrected chi connectivity index (χ4v) is 9.57. The smallest absolute Gasteiger partial charge is 0.0726 e. The first-order chi connectivity index (χ1) is 14.4. The van der Waals surface area contributed by atoms with Gasteiger partial charge < -0.3 is 0 Å². The van der Waals surface area contributed by atoms with Crippen LogP contribution in [-0.2, 0) is 0 Å². The van der Waals surface area contributed by atoms with Crippen molar-refractivity contribution in [2.75, 3.05) is 0 Å². The summed E-state index contributed by atoms with van der Waals surface area (Å²) in [5.41, 5.74) is 5.37. The van der Waals surface area contributed by atoms with E-state index in [1.54, 1.807) is 5.31 Å². The molecule has 0 bridgehead atoms. The molecule has 2 nitrogen and oxygen atoms in total. The molecule has 2 aliphatic rings. The van der Waals surface area contributed by atoms with E-state index >= 15 is 0 Å². The zero-order chi connectivity index (χ0) is 19.9. The Hall–Kier alpha value is -1.53. The Morgan fingerprint density at radius 3 is 1.62 bits per heavy atom. The standard InChI is InChI=1S/C26H35N2P/c1-2-25(26(23-17-9-11-19-27-23)24-18-10-12-20-28-24)29(21-13-5-3-6-14-21)22-15-7-4-8-16-22/h9-12,17-22H,2-8,13-16H2,1H3. The highest BCUT2D eigenvalue weighted by Gasteiger charge is 2.35. The van der Waals surface area contributed by atoms with Gasteiger partial charge in [-0.25, -0.2) is 0 Å². The average molecular weight is 407 g/mol. The molecule has 0 aromatic carbocycles. The van der Waals surface area contributed by atoms with E-state index in [-0.39, 0.29) is 7.92 Å². The van der Waals surface area contributed by atoms with Gasteiger partial charge in [-0.3, -0.25) is 9.97 Å². The third kappa shape index (κ3) is 4.97. The largest absolute Gasteiger partial charge is 0.256 e. The molecule has 154 valence electrons. The highest BCUT2D eigenvalue weighted by atomic mass is 31.1. The molecule has 2 fully saturated rings. The normalized spacial score (nSPS) is 18.7. The maximum Gasteiger partial charge on any atom is 0.0726 e. The first kappa shape index (κ1) is 20.7. The van der Waals surface area contributed by atoms with Crippen molar-refractivity contribution in [3.8, 4) is 0 Å². The van der Waals surface area contributed by atoms with Crippen LogP contribution in [0.5, 0.6) is 0 Å². The first-order valence-corrected chi connectivity index (χ1v) is 13.2. The molecule has 0 unspecified atom stereocenters. The summed E-state index contributed by atoms with van der Waals surface area (Å²) in [6.07, 6.45) is 19.3. The number of hydrogen-bond donors (Lipinski definition) is 0. The summed E-state index contributed by atoms with van der Waals surface area (Å²) in [6.45, 7) is 2.38. The predicted molar refractivity (Wildman–Crippen MR) is 125 cm³/mol. The van der Waals surface area contributed by atoms with E-state index in [0.717, 1.165) is 29.1 Å². The molecule has 0 spiro atoms. The molecule has 0 aliphatic heterocycles. The number of nitrogens with zero attached hydrogens (tertiary/aromatic N) is 2. The summed E-state index contributed by atoms with van der Waals surface area (Å²) < 4.78 is 0. The molecule has 3 heteroatoms. The molecule has 0 N–H and O–H groups in total. The van der Waals surface area contributed by atoms with E-state index in [1.165, 1.54) is 69.8 Å². The van der Waals surface area contributed by atoms with Gasteiger partial charge in [0.25, 0.3) is 0 Å². The van der Waals surface area contributed by atoms with E-state index in [1.807, 2.05) is 24.5 Å². The molecule has 2 heterocycles. The molecule has 2 aliphatic carbocycles. The zero-order valence-electron chi connectivity index (χ0n) is 17.9. The fraction of sp³-hybridized carbons (Fsp3) is 0.538. The van der Waals surface area contributed by atoms with Crippen molar-refractivity contribution in [1.29, 1.82) is 0 Å². The summed E-state index contributed by atoms with van der Waals surface area (Å²) in [6, 6.07) is 12.7. The van der Waals surface area contributed by atoms with Gasteiger partial charge in [0.2, 0.25) is 0 Å². The minimum Gasteiger partial charge on any atom is -0.256 e. The molecule has 29 heavy (non-hydrogen) atoms. The maximum atomic E-state index is 4.81. The van der Waals surface area contributed by atoms with Crippen molar-refractivity contribution in [1.82, 2.24) is 9.97 Å². The Morgan fingerprint density at radius 2 is 1.24 bits per heavy atom. The zero-order valence-corrected chi connectivity index (χ0v) is 18.8. The molecule has 4 rings (SSSR count). The molecule has 0 atom stereocenters. The second kappa shape index (κ2) is 10.5. The highest BCUT2D eigenvalue weighted by molar-refractivity contribution is 7.63. The predicted octanol–water partition coefficient (Wildman–Crippen LogP) is 7.79. The van der Waals surface area contributed by atoms with Gasteiger partial charge in [0.05, 0.1) is 11.4 Å². The summed E-state index contributed by atoms with van der Waals surface area (Å²) in [4.78, 5) is 9.62. The molecular formula is C26H35N2P. The van der Waals surface area contributed by atoms with E-state index in [0.29, 0.717) is 0 Å². The second-order valence-corrected chi connectivity index (χ2v) is 11.4. The van der Waals surface area contributed by atoms with Crippen LogP contribution in [0.25, 0.3) is 5.57 Å². The second-order valence-electron chi connectivity index (χ2n) is 8.60. The molecule has 0 saturated heterocycles. The van der Waals surface area contributed by atoms with Gasteiger partial charge in [-0.1, -0.05) is 65.5 Å². The average Bonchev–Trinajstić information content (AvgIpc) is 2.81. The monoisotopic (exact) mass is 406 g/mol. The number of hydrogen-bond acceptors (Lipinski definition) is 2. The first-order valence-electron chi connectivity index (χ1n) is 11.7. The number of aromatic nitrogens is 2. The van der Waals surface area contributed by atoms with Gasteiger partial charge in [-0.2, -0.15) is 0 Å². The van der Waals surface area contributed by atoms with Crippen LogP contribution in [0.15, 0.2) is 54.1 Å². The van der Waals surface area contributed by atoms with Crippen LogP contribution >= 0.6 is 7.92 Å². The summed E-state index contributed by atoms with van der Waals surface area (Å²) in [5, 5.41) is 1.69. The van der Waals surface area contributed by atoms with Crippen LogP contribution in [0.4, 0.5) is 0 Å². The highest BCUT2D eigenvalue weighted by Crippen LogP contribution is 2.63. The third-order valence-electron chi connectivity index (χ3n) is 6.71. The summed E-state index contributed by atoms with van der Waals surface area (Å²) >= 11 is 0. The van der Waals surface area contributed by atoms with Gasteiger partial charge in [0, 0.05) is 18.0 Å². The van der Waals surface area contributed by atoms with Crippen molar-refractivity contribution >= 4 is 13.5 Å². The van der Waals surface area contributed by atoms with Gasteiger partial charge in [0.15, 0.2) is 0 Å². The Labute approximate surface area is 178 Å². The van der Waals surface area contributed by atoms with Crippen LogP contribution < -0.4 is 0 Å². The van der Waals surface area contributed by atoms with Crippen molar-refractivity contribution in [3.63, 3.8) is 0 Å². The lowest BCUT2D eigenvalue weighted by atomic mass is 9.99. The fourth-order valence-electron chi connectivity index (χ4n) is 5.39. The van der Waals surface area contributed by atoms with Crippen LogP contribution in [0.2, 0.25) is 0 Å². The van der Waals surface area contributed by atoms with Crippen LogP contribution in [-0.4, -0.2) is 21.3 Å². The molecule has 2 aromatic rings. The van der Waals surface area contributed by atoms with E-state index < -0.39 is 0 Å². The van der Waals surface area contributed by atoms with Gasteiger partial charge in [-0.15, -0.1) is 0 Å². The minimum absolute atomic E-state index is 0.147. The van der Waals surface area contributed by atoms with Gasteiger partial charge >= 0.3 is 0 Å². The topological polar surface area (TPSA) is 25.8 Å². The van der Waals surface area contributed by atoms with E-state index in [2.05, 4.69) is 31.2 Å². The lowest BCUT2D eigenvalue weighted by Crippen LogP contribution is -2.22. The van der Waals surface area contributed by atoms with Crippen molar-refractivity contribution in [3.05, 3.63) is 65.5 Å². The van der Waals surface area contributed by atoms with Crippen LogP contribution in [0, 0.1) is 0 Å². The Kier molecular flexibility index (Phi) is 7.49. The van der Waals surface area contributed by atoms with Crippen molar-refractivity contribution in [2.45, 2.75) is 88.9 Å². The molecule has 0 amide bonds. The minimum atomic E-state index is -0.147. The van der Waals surface area contributed by atoms with Crippen molar-refractivity contribution < 1.29 is 0 Å². The van der Waals surface area contributed by atoms with Crippen LogP contribution in [0.3, 0.4) is 0 Å². The maximum absolute atomic E-state index is 4.81. The molecule has 2 aromatic heterocycles. The van der Waals surface area contributed by atoms with Crippen molar-refractivity contribution in [2.24, 2.45) is 0 Å². The summed E-state index contributed by atoms with van der Waals surface area (Å²) in [5.74, 6) is 0. The number of pyridine rings is 2. The van der Waals surface area contributed by atoms with Gasteiger partial charge in [-0.05, 0) is 73.0 Å².